The third-order valence-corrected chi connectivity index (χ3v) is 4.13. The van der Waals surface area contributed by atoms with Gasteiger partial charge >= 0.3 is 0 Å². The van der Waals surface area contributed by atoms with Crippen molar-refractivity contribution in [2.45, 2.75) is 13.5 Å². The van der Waals surface area contributed by atoms with Gasteiger partial charge in [0.05, 0.1) is 13.2 Å². The van der Waals surface area contributed by atoms with Gasteiger partial charge in [0.15, 0.2) is 0 Å². The van der Waals surface area contributed by atoms with Gasteiger partial charge in [-0.15, -0.1) is 11.3 Å². The quantitative estimate of drug-likeness (QED) is 0.835. The molecule has 4 nitrogen and oxygen atoms in total. The summed E-state index contributed by atoms with van der Waals surface area (Å²) in [5.74, 6) is -0.00903. The summed E-state index contributed by atoms with van der Waals surface area (Å²) in [6, 6.07) is 9.45. The van der Waals surface area contributed by atoms with Crippen molar-refractivity contribution in [1.29, 1.82) is 0 Å². The number of hydrogen-bond donors (Lipinski definition) is 1. The number of rotatable bonds is 6. The first-order valence-electron chi connectivity index (χ1n) is 6.78. The SMILES string of the molecule is COCCN(Cc1cccs1)C(=O)c1cc(N)ccc1C. The van der Waals surface area contributed by atoms with Crippen LogP contribution in [0.2, 0.25) is 0 Å². The molecule has 5 heteroatoms. The second-order valence-electron chi connectivity index (χ2n) is 4.87. The van der Waals surface area contributed by atoms with Crippen LogP contribution < -0.4 is 5.73 Å². The average Bonchev–Trinajstić information content (AvgIpc) is 2.98. The summed E-state index contributed by atoms with van der Waals surface area (Å²) >= 11 is 1.65. The molecule has 21 heavy (non-hydrogen) atoms. The van der Waals surface area contributed by atoms with Crippen LogP contribution in [-0.2, 0) is 11.3 Å². The van der Waals surface area contributed by atoms with Crippen LogP contribution in [0.25, 0.3) is 0 Å². The Kier molecular flexibility index (Phi) is 5.36. The highest BCUT2D eigenvalue weighted by atomic mass is 32.1. The topological polar surface area (TPSA) is 55.6 Å². The molecule has 0 saturated heterocycles. The van der Waals surface area contributed by atoms with Crippen molar-refractivity contribution in [2.24, 2.45) is 0 Å². The van der Waals surface area contributed by atoms with E-state index in [4.69, 9.17) is 10.5 Å². The molecule has 0 aliphatic rings. The van der Waals surface area contributed by atoms with Crippen molar-refractivity contribution in [3.8, 4) is 0 Å². The fourth-order valence-corrected chi connectivity index (χ4v) is 2.80. The lowest BCUT2D eigenvalue weighted by Crippen LogP contribution is -2.33. The van der Waals surface area contributed by atoms with Crippen LogP contribution in [0.3, 0.4) is 0 Å². The fourth-order valence-electron chi connectivity index (χ4n) is 2.08. The number of hydrogen-bond acceptors (Lipinski definition) is 4. The molecule has 1 heterocycles. The van der Waals surface area contributed by atoms with Crippen LogP contribution in [0.5, 0.6) is 0 Å². The zero-order valence-electron chi connectivity index (χ0n) is 12.3. The minimum Gasteiger partial charge on any atom is -0.399 e. The highest BCUT2D eigenvalue weighted by Crippen LogP contribution is 2.18. The molecule has 0 bridgehead atoms. The molecule has 0 unspecified atom stereocenters. The number of amides is 1. The molecule has 1 amide bonds. The Morgan fingerprint density at radius 1 is 1.38 bits per heavy atom. The van der Waals surface area contributed by atoms with E-state index in [1.165, 1.54) is 0 Å². The summed E-state index contributed by atoms with van der Waals surface area (Å²) in [7, 11) is 1.64. The Bertz CT molecular complexity index is 596. The number of thiophene rings is 1. The molecule has 0 radical (unpaired) electrons. The third kappa shape index (κ3) is 4.06. The molecule has 0 aliphatic heterocycles. The van der Waals surface area contributed by atoms with Crippen molar-refractivity contribution in [3.05, 3.63) is 51.7 Å². The van der Waals surface area contributed by atoms with Crippen molar-refractivity contribution in [2.75, 3.05) is 26.0 Å². The molecule has 1 aromatic heterocycles. The van der Waals surface area contributed by atoms with Crippen LogP contribution in [0.15, 0.2) is 35.7 Å². The molecule has 0 aliphatic carbocycles. The van der Waals surface area contributed by atoms with Gasteiger partial charge < -0.3 is 15.4 Å². The largest absolute Gasteiger partial charge is 0.399 e. The van der Waals surface area contributed by atoms with Gasteiger partial charge in [0.2, 0.25) is 0 Å². The smallest absolute Gasteiger partial charge is 0.254 e. The van der Waals surface area contributed by atoms with Gasteiger partial charge in [-0.25, -0.2) is 0 Å². The predicted molar refractivity (Wildman–Crippen MR) is 86.5 cm³/mol. The zero-order chi connectivity index (χ0) is 15.2. The third-order valence-electron chi connectivity index (χ3n) is 3.27. The summed E-state index contributed by atoms with van der Waals surface area (Å²) in [4.78, 5) is 15.7. The molecule has 0 atom stereocenters. The first-order valence-corrected chi connectivity index (χ1v) is 7.66. The van der Waals surface area contributed by atoms with Crippen LogP contribution in [0.1, 0.15) is 20.8 Å². The van der Waals surface area contributed by atoms with E-state index in [9.17, 15) is 4.79 Å². The first kappa shape index (κ1) is 15.5. The van der Waals surface area contributed by atoms with Crippen LogP contribution in [0, 0.1) is 6.92 Å². The maximum absolute atomic E-state index is 12.8. The lowest BCUT2D eigenvalue weighted by Gasteiger charge is -2.23. The van der Waals surface area contributed by atoms with Gasteiger partial charge in [0.25, 0.3) is 5.91 Å². The molecule has 2 N–H and O–H groups in total. The number of nitrogen functional groups attached to an aromatic ring is 1. The molecular weight excluding hydrogens is 284 g/mol. The Hall–Kier alpha value is -1.85. The summed E-state index contributed by atoms with van der Waals surface area (Å²) in [5.41, 5.74) is 8.00. The van der Waals surface area contributed by atoms with E-state index in [2.05, 4.69) is 0 Å². The highest BCUT2D eigenvalue weighted by Gasteiger charge is 2.18. The molecule has 2 aromatic rings. The van der Waals surface area contributed by atoms with Crippen molar-refractivity contribution in [1.82, 2.24) is 4.90 Å². The maximum atomic E-state index is 12.8. The zero-order valence-corrected chi connectivity index (χ0v) is 13.2. The average molecular weight is 304 g/mol. The van der Waals surface area contributed by atoms with Crippen molar-refractivity contribution in [3.63, 3.8) is 0 Å². The van der Waals surface area contributed by atoms with E-state index >= 15 is 0 Å². The number of nitrogens with zero attached hydrogens (tertiary/aromatic N) is 1. The first-order chi connectivity index (χ1) is 10.1. The Labute approximate surface area is 129 Å². The molecule has 0 spiro atoms. The van der Waals surface area contributed by atoms with Gasteiger partial charge in [-0.05, 0) is 36.1 Å². The summed E-state index contributed by atoms with van der Waals surface area (Å²) < 4.78 is 5.12. The van der Waals surface area contributed by atoms with E-state index in [-0.39, 0.29) is 5.91 Å². The predicted octanol–water partition coefficient (Wildman–Crippen LogP) is 2.93. The summed E-state index contributed by atoms with van der Waals surface area (Å²) in [5, 5.41) is 2.01. The molecule has 2 rings (SSSR count). The van der Waals surface area contributed by atoms with E-state index in [0.717, 1.165) is 10.4 Å². The normalized spacial score (nSPS) is 10.6. The van der Waals surface area contributed by atoms with Gasteiger partial charge in [0, 0.05) is 29.8 Å². The van der Waals surface area contributed by atoms with Crippen molar-refractivity contribution < 1.29 is 9.53 Å². The molecule has 112 valence electrons. The van der Waals surface area contributed by atoms with E-state index in [1.54, 1.807) is 29.4 Å². The maximum Gasteiger partial charge on any atom is 0.254 e. The van der Waals surface area contributed by atoms with E-state index in [1.807, 2.05) is 36.6 Å². The summed E-state index contributed by atoms with van der Waals surface area (Å²) in [6.07, 6.45) is 0. The number of ether oxygens (including phenoxy) is 1. The lowest BCUT2D eigenvalue weighted by molar-refractivity contribution is 0.0682. The number of methoxy groups -OCH3 is 1. The molecule has 0 fully saturated rings. The minimum atomic E-state index is -0.00903. The van der Waals surface area contributed by atoms with Gasteiger partial charge in [-0.3, -0.25) is 4.79 Å². The number of carbonyl (C=O) groups excluding carboxylic acids is 1. The minimum absolute atomic E-state index is 0.00903. The number of aryl methyl sites for hydroxylation is 1. The van der Waals surface area contributed by atoms with Crippen LogP contribution in [0.4, 0.5) is 5.69 Å². The number of benzene rings is 1. The second-order valence-corrected chi connectivity index (χ2v) is 5.91. The number of anilines is 1. The molecule has 0 saturated carbocycles. The standard InChI is InChI=1S/C16H20N2O2S/c1-12-5-6-13(17)10-15(12)16(19)18(7-8-20-2)11-14-4-3-9-21-14/h3-6,9-10H,7-8,11,17H2,1-2H3. The van der Waals surface area contributed by atoms with Gasteiger partial charge in [0.1, 0.15) is 0 Å². The highest BCUT2D eigenvalue weighted by molar-refractivity contribution is 7.09. The Balaban J connectivity index is 2.22. The summed E-state index contributed by atoms with van der Waals surface area (Å²) in [6.45, 7) is 3.58. The second kappa shape index (κ2) is 7.24. The van der Waals surface area contributed by atoms with Crippen LogP contribution in [-0.4, -0.2) is 31.1 Å². The van der Waals surface area contributed by atoms with Gasteiger partial charge in [-0.1, -0.05) is 12.1 Å². The van der Waals surface area contributed by atoms with E-state index in [0.29, 0.717) is 30.9 Å². The Morgan fingerprint density at radius 3 is 2.86 bits per heavy atom. The molecule has 1 aromatic carbocycles. The molecular formula is C16H20N2O2S. The van der Waals surface area contributed by atoms with E-state index < -0.39 is 0 Å². The van der Waals surface area contributed by atoms with Crippen molar-refractivity contribution >= 4 is 22.9 Å². The number of carbonyl (C=O) groups is 1. The van der Waals surface area contributed by atoms with Crippen LogP contribution >= 0.6 is 11.3 Å². The lowest BCUT2D eigenvalue weighted by atomic mass is 10.1. The Morgan fingerprint density at radius 2 is 2.19 bits per heavy atom. The van der Waals surface area contributed by atoms with Gasteiger partial charge in [-0.2, -0.15) is 0 Å². The fraction of sp³-hybridized carbons (Fsp3) is 0.312. The number of nitrogens with two attached hydrogens (primary N) is 1. The monoisotopic (exact) mass is 304 g/mol.